The molecule has 2 atom stereocenters. The lowest BCUT2D eigenvalue weighted by atomic mass is 10.1. The topological polar surface area (TPSA) is 126 Å². The summed E-state index contributed by atoms with van der Waals surface area (Å²) in [6, 6.07) is 22.3. The van der Waals surface area contributed by atoms with Crippen LogP contribution in [0.25, 0.3) is 33.8 Å². The Morgan fingerprint density at radius 2 is 1.76 bits per heavy atom. The van der Waals surface area contributed by atoms with Crippen LogP contribution in [0.5, 0.6) is 0 Å². The first-order chi connectivity index (χ1) is 18.2. The van der Waals surface area contributed by atoms with E-state index in [0.717, 1.165) is 59.1 Å². The van der Waals surface area contributed by atoms with Gasteiger partial charge in [0, 0.05) is 24.5 Å². The molecule has 2 fully saturated rings. The van der Waals surface area contributed by atoms with Crippen molar-refractivity contribution in [2.45, 2.75) is 18.5 Å². The van der Waals surface area contributed by atoms with Gasteiger partial charge in [-0.05, 0) is 36.8 Å². The Hall–Kier alpha value is -5.04. The van der Waals surface area contributed by atoms with Gasteiger partial charge < -0.3 is 15.6 Å². The van der Waals surface area contributed by atoms with Gasteiger partial charge in [-0.25, -0.2) is 29.6 Å². The molecule has 0 amide bonds. The van der Waals surface area contributed by atoms with Crippen molar-refractivity contribution in [1.29, 1.82) is 5.26 Å². The molecule has 2 aliphatic heterocycles. The Balaban J connectivity index is 1.33. The zero-order valence-electron chi connectivity index (χ0n) is 19.8. The summed E-state index contributed by atoms with van der Waals surface area (Å²) < 4.78 is 2.12. The van der Waals surface area contributed by atoms with Crippen LogP contribution in [0, 0.1) is 11.3 Å². The average Bonchev–Trinajstić information content (AvgIpc) is 3.66. The lowest BCUT2D eigenvalue weighted by Gasteiger charge is -2.37. The third-order valence-electron chi connectivity index (χ3n) is 7.13. The van der Waals surface area contributed by atoms with E-state index in [9.17, 15) is 5.26 Å². The van der Waals surface area contributed by atoms with Crippen molar-refractivity contribution in [2.24, 2.45) is 0 Å². The first-order valence-electron chi connectivity index (χ1n) is 12.1. The van der Waals surface area contributed by atoms with Crippen molar-refractivity contribution in [2.75, 3.05) is 28.7 Å². The molecule has 10 heteroatoms. The Morgan fingerprint density at radius 3 is 2.54 bits per heavy atom. The van der Waals surface area contributed by atoms with E-state index in [4.69, 9.17) is 15.7 Å². The fourth-order valence-electron chi connectivity index (χ4n) is 5.47. The molecule has 2 bridgehead atoms. The summed E-state index contributed by atoms with van der Waals surface area (Å²) >= 11 is 0. The second kappa shape index (κ2) is 8.27. The largest absolute Gasteiger partial charge is 0.383 e. The highest BCUT2D eigenvalue weighted by atomic mass is 15.6. The number of piperazine rings is 1. The lowest BCUT2D eigenvalue weighted by Crippen LogP contribution is -2.51. The number of hydrogen-bond donors (Lipinski definition) is 1. The van der Waals surface area contributed by atoms with Crippen molar-refractivity contribution in [3.8, 4) is 28.7 Å². The third-order valence-corrected chi connectivity index (χ3v) is 7.13. The van der Waals surface area contributed by atoms with E-state index in [1.54, 1.807) is 12.4 Å². The molecule has 4 aromatic heterocycles. The minimum Gasteiger partial charge on any atom is -0.383 e. The first-order valence-corrected chi connectivity index (χ1v) is 12.1. The van der Waals surface area contributed by atoms with Crippen LogP contribution < -0.4 is 15.6 Å². The van der Waals surface area contributed by atoms with Gasteiger partial charge in [-0.3, -0.25) is 0 Å². The Labute approximate surface area is 212 Å². The summed E-state index contributed by atoms with van der Waals surface area (Å²) in [5.74, 6) is 2.13. The fourth-order valence-corrected chi connectivity index (χ4v) is 5.47. The van der Waals surface area contributed by atoms with Crippen molar-refractivity contribution in [1.82, 2.24) is 29.6 Å². The number of nitrogen functional groups attached to an aromatic ring is 1. The van der Waals surface area contributed by atoms with Gasteiger partial charge in [0.1, 0.15) is 23.2 Å². The van der Waals surface area contributed by atoms with Gasteiger partial charge in [0.05, 0.1) is 29.9 Å². The van der Waals surface area contributed by atoms with Gasteiger partial charge in [0.2, 0.25) is 5.82 Å². The fraction of sp³-hybridized carbons (Fsp3) is 0.185. The van der Waals surface area contributed by atoms with Gasteiger partial charge in [-0.2, -0.15) is 5.26 Å². The summed E-state index contributed by atoms with van der Waals surface area (Å²) in [5.41, 5.74) is 10.6. The number of rotatable bonds is 4. The van der Waals surface area contributed by atoms with Gasteiger partial charge in [0.25, 0.3) is 0 Å². The predicted molar refractivity (Wildman–Crippen MR) is 140 cm³/mol. The minimum absolute atomic E-state index is 0.185. The van der Waals surface area contributed by atoms with Crippen molar-refractivity contribution < 1.29 is 0 Å². The van der Waals surface area contributed by atoms with Crippen molar-refractivity contribution >= 4 is 22.8 Å². The van der Waals surface area contributed by atoms with Gasteiger partial charge in [-0.15, -0.1) is 0 Å². The molecule has 10 nitrogen and oxygen atoms in total. The maximum absolute atomic E-state index is 9.24. The summed E-state index contributed by atoms with van der Waals surface area (Å²) in [5, 5.41) is 11.6. The standard InChI is InChI=1S/C27H22N10/c28-14-23-30-12-10-24(34-23)35-15-19-13-18(35)16-36(19)37-26(20-7-4-11-31-25(20)29)33-22-9-8-21(32-27(22)37)17-5-2-1-3-6-17/h1-12,18-19H,13,15-16H2,(H2,29,31)/t18-,19-/m0/s1. The van der Waals surface area contributed by atoms with E-state index in [0.29, 0.717) is 5.82 Å². The second-order valence-electron chi connectivity index (χ2n) is 9.26. The molecule has 37 heavy (non-hydrogen) atoms. The number of benzene rings is 1. The van der Waals surface area contributed by atoms with Crippen LogP contribution in [-0.4, -0.2) is 54.8 Å². The average molecular weight is 487 g/mol. The summed E-state index contributed by atoms with van der Waals surface area (Å²) in [4.78, 5) is 25.1. The molecule has 2 aliphatic rings. The molecule has 2 saturated heterocycles. The highest BCUT2D eigenvalue weighted by Gasteiger charge is 2.45. The third kappa shape index (κ3) is 3.43. The molecule has 180 valence electrons. The Kier molecular flexibility index (Phi) is 4.75. The molecule has 5 aromatic rings. The van der Waals surface area contributed by atoms with Crippen LogP contribution in [0.4, 0.5) is 11.6 Å². The number of anilines is 2. The predicted octanol–water partition coefficient (Wildman–Crippen LogP) is 3.00. The number of nitrogens with zero attached hydrogens (tertiary/aromatic N) is 9. The second-order valence-corrected chi connectivity index (χ2v) is 9.26. The monoisotopic (exact) mass is 486 g/mol. The summed E-state index contributed by atoms with van der Waals surface area (Å²) in [6.07, 6.45) is 4.29. The number of imidazole rings is 1. The van der Waals surface area contributed by atoms with Crippen molar-refractivity contribution in [3.63, 3.8) is 0 Å². The summed E-state index contributed by atoms with van der Waals surface area (Å²) in [6.45, 7) is 1.53. The van der Waals surface area contributed by atoms with Crippen molar-refractivity contribution in [3.05, 3.63) is 78.9 Å². The lowest BCUT2D eigenvalue weighted by molar-refractivity contribution is 0.526. The minimum atomic E-state index is 0.185. The zero-order valence-corrected chi connectivity index (χ0v) is 19.8. The van der Waals surface area contributed by atoms with E-state index < -0.39 is 0 Å². The number of aromatic nitrogens is 6. The zero-order chi connectivity index (χ0) is 24.9. The quantitative estimate of drug-likeness (QED) is 0.408. The van der Waals surface area contributed by atoms with Crippen LogP contribution in [0.1, 0.15) is 12.2 Å². The SMILES string of the molecule is N#Cc1nccc(N2C[C@@H]3C[C@H]2CN3n2c(-c3cccnc3N)nc3ccc(-c4ccccc4)nc32)n1. The Bertz CT molecular complexity index is 1670. The molecule has 0 saturated carbocycles. The van der Waals surface area contributed by atoms with E-state index in [1.165, 1.54) is 0 Å². The molecule has 0 spiro atoms. The molecular formula is C27H22N10. The van der Waals surface area contributed by atoms with Crippen LogP contribution in [0.3, 0.4) is 0 Å². The molecule has 7 rings (SSSR count). The number of nitriles is 1. The normalized spacial score (nSPS) is 18.5. The molecule has 0 unspecified atom stereocenters. The van der Waals surface area contributed by atoms with E-state index >= 15 is 0 Å². The molecule has 0 aliphatic carbocycles. The van der Waals surface area contributed by atoms with E-state index in [2.05, 4.69) is 41.7 Å². The van der Waals surface area contributed by atoms with Crippen LogP contribution in [-0.2, 0) is 0 Å². The van der Waals surface area contributed by atoms with Crippen LogP contribution in [0.15, 0.2) is 73.1 Å². The molecule has 1 aromatic carbocycles. The maximum Gasteiger partial charge on any atom is 0.234 e. The van der Waals surface area contributed by atoms with Crippen LogP contribution >= 0.6 is 0 Å². The smallest absolute Gasteiger partial charge is 0.234 e. The number of pyridine rings is 2. The molecular weight excluding hydrogens is 464 g/mol. The Morgan fingerprint density at radius 1 is 0.865 bits per heavy atom. The van der Waals surface area contributed by atoms with Crippen LogP contribution in [0.2, 0.25) is 0 Å². The van der Waals surface area contributed by atoms with Gasteiger partial charge >= 0.3 is 0 Å². The van der Waals surface area contributed by atoms with E-state index in [-0.39, 0.29) is 17.9 Å². The summed E-state index contributed by atoms with van der Waals surface area (Å²) in [7, 11) is 0. The highest BCUT2D eigenvalue weighted by Crippen LogP contribution is 2.37. The maximum atomic E-state index is 9.24. The number of nitrogens with two attached hydrogens (primary N) is 1. The number of fused-ring (bicyclic) bond motifs is 3. The molecule has 2 N–H and O–H groups in total. The molecule has 6 heterocycles. The molecule has 0 radical (unpaired) electrons. The first kappa shape index (κ1) is 21.3. The van der Waals surface area contributed by atoms with Gasteiger partial charge in [0.15, 0.2) is 11.5 Å². The highest BCUT2D eigenvalue weighted by molar-refractivity contribution is 5.83. The van der Waals surface area contributed by atoms with Gasteiger partial charge in [-0.1, -0.05) is 30.3 Å². The number of hydrogen-bond acceptors (Lipinski definition) is 9. The van der Waals surface area contributed by atoms with E-state index in [1.807, 2.05) is 54.6 Å².